The van der Waals surface area contributed by atoms with E-state index in [1.165, 1.54) is 0 Å². The normalized spacial score (nSPS) is 21.3. The van der Waals surface area contributed by atoms with Crippen LogP contribution in [0.2, 0.25) is 0 Å². The van der Waals surface area contributed by atoms with Crippen LogP contribution in [-0.2, 0) is 4.79 Å². The highest BCUT2D eigenvalue weighted by Gasteiger charge is 2.45. The maximum atomic E-state index is 12.4. The van der Waals surface area contributed by atoms with E-state index in [9.17, 15) is 9.59 Å². The fourth-order valence-electron chi connectivity index (χ4n) is 3.49. The number of furan rings is 1. The van der Waals surface area contributed by atoms with Gasteiger partial charge in [-0.3, -0.25) is 9.59 Å². The average Bonchev–Trinajstić information content (AvgIpc) is 3.03. The summed E-state index contributed by atoms with van der Waals surface area (Å²) in [6.07, 6.45) is 2.45. The topological polar surface area (TPSA) is 53.8 Å². The van der Waals surface area contributed by atoms with Gasteiger partial charge in [-0.1, -0.05) is 0 Å². The Kier molecular flexibility index (Phi) is 3.51. The van der Waals surface area contributed by atoms with Crippen LogP contribution in [0.15, 0.2) is 16.5 Å². The number of likely N-dealkylation sites (tertiary alicyclic amines) is 2. The fraction of sp³-hybridized carbons (Fsp3) is 0.625. The number of hydrogen-bond donors (Lipinski definition) is 0. The number of aryl methyl sites for hydroxylation is 1. The lowest BCUT2D eigenvalue weighted by atomic mass is 9.77. The average molecular weight is 290 g/mol. The summed E-state index contributed by atoms with van der Waals surface area (Å²) in [5.41, 5.74) is 0.0863. The van der Waals surface area contributed by atoms with Crippen molar-refractivity contribution in [2.24, 2.45) is 5.41 Å². The van der Waals surface area contributed by atoms with Crippen molar-refractivity contribution in [3.8, 4) is 0 Å². The first-order chi connectivity index (χ1) is 10.0. The summed E-state index contributed by atoms with van der Waals surface area (Å²) in [6, 6.07) is 3.55. The van der Waals surface area contributed by atoms with Crippen molar-refractivity contribution >= 4 is 11.8 Å². The third-order valence-corrected chi connectivity index (χ3v) is 4.85. The molecule has 0 bridgehead atoms. The molecule has 1 aromatic rings. The Bertz CT molecular complexity index is 556. The van der Waals surface area contributed by atoms with Crippen molar-refractivity contribution in [2.45, 2.75) is 33.1 Å². The lowest BCUT2D eigenvalue weighted by molar-refractivity contribution is -0.127. The molecule has 3 rings (SSSR count). The Labute approximate surface area is 124 Å². The van der Waals surface area contributed by atoms with E-state index in [2.05, 4.69) is 0 Å². The van der Waals surface area contributed by atoms with E-state index in [1.54, 1.807) is 6.07 Å². The highest BCUT2D eigenvalue weighted by Crippen LogP contribution is 2.41. The van der Waals surface area contributed by atoms with Gasteiger partial charge in [0.05, 0.1) is 0 Å². The third-order valence-electron chi connectivity index (χ3n) is 4.85. The number of hydrogen-bond acceptors (Lipinski definition) is 3. The fourth-order valence-corrected chi connectivity index (χ4v) is 3.49. The van der Waals surface area contributed by atoms with Gasteiger partial charge in [0.2, 0.25) is 5.91 Å². The van der Waals surface area contributed by atoms with Crippen LogP contribution in [0.1, 0.15) is 42.5 Å². The number of nitrogens with zero attached hydrogens (tertiary/aromatic N) is 2. The second-order valence-electron chi connectivity index (χ2n) is 6.29. The summed E-state index contributed by atoms with van der Waals surface area (Å²) >= 11 is 0. The Morgan fingerprint density at radius 1 is 1.33 bits per heavy atom. The van der Waals surface area contributed by atoms with Gasteiger partial charge in [0.25, 0.3) is 5.91 Å². The lowest BCUT2D eigenvalue weighted by Gasteiger charge is -2.38. The second kappa shape index (κ2) is 5.20. The Morgan fingerprint density at radius 2 is 2.05 bits per heavy atom. The SMILES string of the molecule is CCN1CC2(CCN(C(=O)c3ccc(C)o3)CC2)CC1=O. The Morgan fingerprint density at radius 3 is 2.57 bits per heavy atom. The van der Waals surface area contributed by atoms with Crippen LogP contribution in [0.25, 0.3) is 0 Å². The van der Waals surface area contributed by atoms with E-state index in [0.29, 0.717) is 25.3 Å². The van der Waals surface area contributed by atoms with Gasteiger partial charge in [-0.2, -0.15) is 0 Å². The van der Waals surface area contributed by atoms with Crippen LogP contribution < -0.4 is 0 Å². The van der Waals surface area contributed by atoms with E-state index in [0.717, 1.165) is 31.7 Å². The van der Waals surface area contributed by atoms with Crippen LogP contribution in [-0.4, -0.2) is 47.8 Å². The van der Waals surface area contributed by atoms with Crippen LogP contribution in [0, 0.1) is 12.3 Å². The molecule has 21 heavy (non-hydrogen) atoms. The van der Waals surface area contributed by atoms with Crippen LogP contribution in [0.3, 0.4) is 0 Å². The zero-order valence-electron chi connectivity index (χ0n) is 12.7. The van der Waals surface area contributed by atoms with Gasteiger partial charge in [-0.15, -0.1) is 0 Å². The Balaban J connectivity index is 1.63. The van der Waals surface area contributed by atoms with Crippen LogP contribution in [0.5, 0.6) is 0 Å². The molecule has 0 N–H and O–H groups in total. The molecule has 2 aliphatic rings. The molecule has 0 unspecified atom stereocenters. The van der Waals surface area contributed by atoms with Crippen molar-refractivity contribution in [3.63, 3.8) is 0 Å². The maximum Gasteiger partial charge on any atom is 0.289 e. The molecule has 2 aliphatic heterocycles. The summed E-state index contributed by atoms with van der Waals surface area (Å²) in [6.45, 7) is 6.92. The molecule has 114 valence electrons. The molecule has 2 fully saturated rings. The number of piperidine rings is 1. The second-order valence-corrected chi connectivity index (χ2v) is 6.29. The third kappa shape index (κ3) is 2.57. The zero-order chi connectivity index (χ0) is 15.0. The quantitative estimate of drug-likeness (QED) is 0.838. The Hall–Kier alpha value is -1.78. The molecule has 0 aromatic carbocycles. The number of carbonyl (C=O) groups is 2. The molecule has 5 nitrogen and oxygen atoms in total. The predicted molar refractivity (Wildman–Crippen MR) is 77.9 cm³/mol. The molecule has 5 heteroatoms. The van der Waals surface area contributed by atoms with Crippen molar-refractivity contribution in [1.82, 2.24) is 9.80 Å². The van der Waals surface area contributed by atoms with Gasteiger partial charge in [-0.25, -0.2) is 0 Å². The number of rotatable bonds is 2. The number of carbonyl (C=O) groups excluding carboxylic acids is 2. The van der Waals surface area contributed by atoms with Gasteiger partial charge >= 0.3 is 0 Å². The minimum absolute atomic E-state index is 0.0328. The standard InChI is InChI=1S/C16H22N2O3/c1-3-17-11-16(10-14(17)19)6-8-18(9-7-16)15(20)13-5-4-12(2)21-13/h4-5H,3,6-11H2,1-2H3. The molecule has 1 aromatic heterocycles. The summed E-state index contributed by atoms with van der Waals surface area (Å²) < 4.78 is 5.41. The van der Waals surface area contributed by atoms with Gasteiger partial charge in [0.1, 0.15) is 5.76 Å². The number of amides is 2. The molecule has 0 atom stereocenters. The largest absolute Gasteiger partial charge is 0.456 e. The van der Waals surface area contributed by atoms with Crippen molar-refractivity contribution < 1.29 is 14.0 Å². The first-order valence-corrected chi connectivity index (χ1v) is 7.66. The summed E-state index contributed by atoms with van der Waals surface area (Å²) in [5.74, 6) is 1.40. The van der Waals surface area contributed by atoms with Crippen LogP contribution >= 0.6 is 0 Å². The van der Waals surface area contributed by atoms with E-state index in [-0.39, 0.29) is 17.2 Å². The minimum atomic E-state index is -0.0328. The van der Waals surface area contributed by atoms with E-state index in [1.807, 2.05) is 29.7 Å². The highest BCUT2D eigenvalue weighted by atomic mass is 16.3. The highest BCUT2D eigenvalue weighted by molar-refractivity contribution is 5.91. The molecule has 2 saturated heterocycles. The molecular formula is C16H22N2O3. The smallest absolute Gasteiger partial charge is 0.289 e. The van der Waals surface area contributed by atoms with E-state index < -0.39 is 0 Å². The molecular weight excluding hydrogens is 268 g/mol. The van der Waals surface area contributed by atoms with Crippen molar-refractivity contribution in [1.29, 1.82) is 0 Å². The molecule has 0 radical (unpaired) electrons. The van der Waals surface area contributed by atoms with Gasteiger partial charge < -0.3 is 14.2 Å². The molecule has 0 aliphatic carbocycles. The summed E-state index contributed by atoms with van der Waals surface area (Å²) in [5, 5.41) is 0. The first-order valence-electron chi connectivity index (χ1n) is 7.66. The van der Waals surface area contributed by atoms with Gasteiger partial charge in [0, 0.05) is 38.0 Å². The predicted octanol–water partition coefficient (Wildman–Crippen LogP) is 2.06. The van der Waals surface area contributed by atoms with E-state index >= 15 is 0 Å². The zero-order valence-corrected chi connectivity index (χ0v) is 12.7. The molecule has 1 spiro atoms. The van der Waals surface area contributed by atoms with Crippen molar-refractivity contribution in [2.75, 3.05) is 26.2 Å². The van der Waals surface area contributed by atoms with Crippen LogP contribution in [0.4, 0.5) is 0 Å². The summed E-state index contributed by atoms with van der Waals surface area (Å²) in [4.78, 5) is 28.1. The van der Waals surface area contributed by atoms with Gasteiger partial charge in [0.15, 0.2) is 5.76 Å². The van der Waals surface area contributed by atoms with E-state index in [4.69, 9.17) is 4.42 Å². The first kappa shape index (κ1) is 14.2. The molecule has 3 heterocycles. The lowest BCUT2D eigenvalue weighted by Crippen LogP contribution is -2.44. The molecule has 2 amide bonds. The van der Waals surface area contributed by atoms with Crippen molar-refractivity contribution in [3.05, 3.63) is 23.7 Å². The maximum absolute atomic E-state index is 12.4. The molecule has 0 saturated carbocycles. The minimum Gasteiger partial charge on any atom is -0.456 e. The van der Waals surface area contributed by atoms with Gasteiger partial charge in [-0.05, 0) is 38.8 Å². The summed E-state index contributed by atoms with van der Waals surface area (Å²) in [7, 11) is 0. The monoisotopic (exact) mass is 290 g/mol.